The van der Waals surface area contributed by atoms with Crippen molar-refractivity contribution in [3.8, 4) is 16.9 Å². The molecule has 7 heteroatoms. The minimum Gasteiger partial charge on any atom is -0.493 e. The number of hydrogen-bond acceptors (Lipinski definition) is 5. The van der Waals surface area contributed by atoms with Crippen molar-refractivity contribution in [1.29, 1.82) is 0 Å². The minimum atomic E-state index is -1.16. The summed E-state index contributed by atoms with van der Waals surface area (Å²) in [6.07, 6.45) is 2.90. The van der Waals surface area contributed by atoms with E-state index in [-0.39, 0.29) is 5.91 Å². The number of hydrogen-bond donors (Lipinski definition) is 1. The molecule has 0 saturated heterocycles. The number of aromatic nitrogens is 1. The first-order valence-corrected chi connectivity index (χ1v) is 13.5. The maximum Gasteiger partial charge on any atom is 0.337 e. The van der Waals surface area contributed by atoms with Crippen molar-refractivity contribution in [2.75, 3.05) is 18.1 Å². The van der Waals surface area contributed by atoms with E-state index in [0.717, 1.165) is 63.4 Å². The van der Waals surface area contributed by atoms with Crippen LogP contribution in [0.3, 0.4) is 0 Å². The van der Waals surface area contributed by atoms with Gasteiger partial charge in [-0.1, -0.05) is 6.07 Å². The van der Waals surface area contributed by atoms with E-state index in [2.05, 4.69) is 11.9 Å². The number of anilines is 1. The number of benzene rings is 2. The van der Waals surface area contributed by atoms with Crippen LogP contribution in [0.5, 0.6) is 5.75 Å². The molecule has 3 aromatic rings. The molecule has 5 rings (SSSR count). The first kappa shape index (κ1) is 26.9. The number of nitrogens with zero attached hydrogens (tertiary/aromatic N) is 2. The lowest BCUT2D eigenvalue weighted by atomic mass is 9.83. The van der Waals surface area contributed by atoms with Gasteiger partial charge in [0.25, 0.3) is 5.91 Å². The molecule has 204 valence electrons. The van der Waals surface area contributed by atoms with E-state index in [1.165, 1.54) is 0 Å². The average molecular weight is 529 g/mol. The molecule has 3 heterocycles. The molecule has 0 fully saturated rings. The maximum atomic E-state index is 13.6. The van der Waals surface area contributed by atoms with Crippen molar-refractivity contribution in [3.63, 3.8) is 0 Å². The van der Waals surface area contributed by atoms with E-state index in [1.54, 1.807) is 17.2 Å². The lowest BCUT2D eigenvalue weighted by Crippen LogP contribution is -2.30. The fraction of sp³-hybridized carbons (Fsp3) is 0.406. The molecule has 0 saturated carbocycles. The van der Waals surface area contributed by atoms with Gasteiger partial charge < -0.3 is 19.5 Å². The highest BCUT2D eigenvalue weighted by Gasteiger charge is 2.37. The summed E-state index contributed by atoms with van der Waals surface area (Å²) in [5.41, 5.74) is 7.93. The van der Waals surface area contributed by atoms with Gasteiger partial charge in [-0.15, -0.1) is 0 Å². The van der Waals surface area contributed by atoms with Gasteiger partial charge in [-0.2, -0.15) is 0 Å². The molecule has 2 aliphatic heterocycles. The van der Waals surface area contributed by atoms with E-state index >= 15 is 0 Å². The highest BCUT2D eigenvalue weighted by molar-refractivity contribution is 6.08. The summed E-state index contributed by atoms with van der Waals surface area (Å²) >= 11 is 0. The maximum absolute atomic E-state index is 13.6. The number of rotatable bonds is 5. The van der Waals surface area contributed by atoms with Crippen LogP contribution in [-0.4, -0.2) is 40.7 Å². The summed E-state index contributed by atoms with van der Waals surface area (Å²) in [5, 5.41) is 10.4. The summed E-state index contributed by atoms with van der Waals surface area (Å²) in [6, 6.07) is 9.60. The van der Waals surface area contributed by atoms with Crippen LogP contribution in [0.4, 0.5) is 5.69 Å². The molecule has 39 heavy (non-hydrogen) atoms. The summed E-state index contributed by atoms with van der Waals surface area (Å²) < 4.78 is 12.1. The number of carbonyl (C=O) groups excluding carboxylic acids is 1. The number of carbonyl (C=O) groups is 2. The predicted molar refractivity (Wildman–Crippen MR) is 151 cm³/mol. The molecule has 1 amide bonds. The number of amides is 1. The molecule has 0 aliphatic carbocycles. The van der Waals surface area contributed by atoms with Gasteiger partial charge in [0, 0.05) is 29.7 Å². The van der Waals surface area contributed by atoms with Crippen LogP contribution in [0, 0.1) is 20.8 Å². The van der Waals surface area contributed by atoms with Crippen LogP contribution in [0.15, 0.2) is 36.5 Å². The predicted octanol–water partition coefficient (Wildman–Crippen LogP) is 6.14. The van der Waals surface area contributed by atoms with Gasteiger partial charge in [0.2, 0.25) is 0 Å². The fourth-order valence-corrected chi connectivity index (χ4v) is 5.77. The lowest BCUT2D eigenvalue weighted by molar-refractivity contribution is -0.160. The largest absolute Gasteiger partial charge is 0.493 e. The van der Waals surface area contributed by atoms with Gasteiger partial charge >= 0.3 is 5.97 Å². The monoisotopic (exact) mass is 528 g/mol. The van der Waals surface area contributed by atoms with Crippen molar-refractivity contribution in [2.45, 2.75) is 72.5 Å². The second-order valence-corrected chi connectivity index (χ2v) is 11.5. The molecule has 0 spiro atoms. The summed E-state index contributed by atoms with van der Waals surface area (Å²) in [4.78, 5) is 32.4. The number of carboxylic acids is 1. The van der Waals surface area contributed by atoms with Crippen LogP contribution in [-0.2, 0) is 22.4 Å². The summed E-state index contributed by atoms with van der Waals surface area (Å²) in [6.45, 7) is 12.7. The molecule has 0 radical (unpaired) electrons. The number of ether oxygens (including phenoxy) is 2. The Morgan fingerprint density at radius 3 is 2.51 bits per heavy atom. The Hall–Kier alpha value is -3.71. The van der Waals surface area contributed by atoms with E-state index in [0.29, 0.717) is 30.7 Å². The smallest absolute Gasteiger partial charge is 0.337 e. The minimum absolute atomic E-state index is 0.115. The Bertz CT molecular complexity index is 1450. The van der Waals surface area contributed by atoms with E-state index in [9.17, 15) is 14.7 Å². The normalized spacial score (nSPS) is 15.4. The Labute approximate surface area is 229 Å². The zero-order valence-electron chi connectivity index (χ0n) is 23.6. The SMILES string of the molecule is Cc1ccc(C(=O)N2CCc3c2cc(C)c([C@H](OC(C)(C)C)C(=O)O)c3-c2ccc3c(c2C)CCCO3)cn1. The van der Waals surface area contributed by atoms with Crippen LogP contribution < -0.4 is 9.64 Å². The van der Waals surface area contributed by atoms with E-state index < -0.39 is 17.7 Å². The standard InChI is InChI=1S/C32H36N2O5/c1-18-16-25-24(13-14-34(25)30(35)21-10-9-19(2)33-17-21)28(27(18)29(31(36)37)39-32(4,5)6)23-11-12-26-22(20(23)3)8-7-15-38-26/h9-12,16-17,29H,7-8,13-15H2,1-6H3,(H,36,37)/t29-/m0/s1. The Morgan fingerprint density at radius 2 is 1.85 bits per heavy atom. The van der Waals surface area contributed by atoms with Gasteiger partial charge in [-0.3, -0.25) is 9.78 Å². The number of fused-ring (bicyclic) bond motifs is 2. The number of carboxylic acid groups (broad SMARTS) is 1. The van der Waals surface area contributed by atoms with Crippen molar-refractivity contribution < 1.29 is 24.2 Å². The third kappa shape index (κ3) is 5.03. The number of aryl methyl sites for hydroxylation is 2. The van der Waals surface area contributed by atoms with Crippen LogP contribution >= 0.6 is 0 Å². The molecular weight excluding hydrogens is 492 g/mol. The molecule has 7 nitrogen and oxygen atoms in total. The third-order valence-corrected chi connectivity index (χ3v) is 7.55. The molecule has 0 bridgehead atoms. The van der Waals surface area contributed by atoms with E-state index in [4.69, 9.17) is 9.47 Å². The molecule has 2 aromatic carbocycles. The van der Waals surface area contributed by atoms with Gasteiger partial charge in [0.1, 0.15) is 5.75 Å². The summed E-state index contributed by atoms with van der Waals surface area (Å²) in [7, 11) is 0. The Morgan fingerprint density at radius 1 is 1.08 bits per heavy atom. The second-order valence-electron chi connectivity index (χ2n) is 11.5. The highest BCUT2D eigenvalue weighted by atomic mass is 16.5. The molecule has 1 aromatic heterocycles. The second kappa shape index (κ2) is 10.1. The highest BCUT2D eigenvalue weighted by Crippen LogP contribution is 2.47. The average Bonchev–Trinajstić information content (AvgIpc) is 3.30. The van der Waals surface area contributed by atoms with Gasteiger partial charge in [-0.25, -0.2) is 4.79 Å². The number of pyridine rings is 1. The molecule has 0 unspecified atom stereocenters. The lowest BCUT2D eigenvalue weighted by Gasteiger charge is -2.30. The van der Waals surface area contributed by atoms with Gasteiger partial charge in [-0.05, 0) is 118 Å². The van der Waals surface area contributed by atoms with Crippen LogP contribution in [0.2, 0.25) is 0 Å². The fourth-order valence-electron chi connectivity index (χ4n) is 5.77. The first-order chi connectivity index (χ1) is 18.5. The zero-order chi connectivity index (χ0) is 28.1. The third-order valence-electron chi connectivity index (χ3n) is 7.55. The molecule has 1 atom stereocenters. The van der Waals surface area contributed by atoms with Crippen molar-refractivity contribution in [2.24, 2.45) is 0 Å². The van der Waals surface area contributed by atoms with Crippen LogP contribution in [0.1, 0.15) is 77.2 Å². The summed E-state index contributed by atoms with van der Waals surface area (Å²) in [5.74, 6) is -0.266. The van der Waals surface area contributed by atoms with Crippen molar-refractivity contribution in [1.82, 2.24) is 4.98 Å². The molecule has 1 N–H and O–H groups in total. The quantitative estimate of drug-likeness (QED) is 0.428. The Kier molecular flexibility index (Phi) is 6.97. The Balaban J connectivity index is 1.74. The van der Waals surface area contributed by atoms with Crippen molar-refractivity contribution >= 4 is 17.6 Å². The zero-order valence-corrected chi connectivity index (χ0v) is 23.6. The van der Waals surface area contributed by atoms with Gasteiger partial charge in [0.05, 0.1) is 17.8 Å². The number of aliphatic carboxylic acids is 1. The van der Waals surface area contributed by atoms with Crippen LogP contribution in [0.25, 0.3) is 11.1 Å². The first-order valence-electron chi connectivity index (χ1n) is 13.5. The van der Waals surface area contributed by atoms with E-state index in [1.807, 2.05) is 58.9 Å². The topological polar surface area (TPSA) is 89.0 Å². The van der Waals surface area contributed by atoms with Crippen molar-refractivity contribution in [3.05, 3.63) is 75.6 Å². The molecular formula is C32H36N2O5. The molecule has 2 aliphatic rings. The van der Waals surface area contributed by atoms with Gasteiger partial charge in [0.15, 0.2) is 6.10 Å².